The SMILES string of the molecule is C=CCNc1nc(C)cn1C(C)c1ccc(Br)cc1. The molecule has 1 aromatic carbocycles. The topological polar surface area (TPSA) is 29.9 Å². The normalized spacial score (nSPS) is 12.2. The summed E-state index contributed by atoms with van der Waals surface area (Å²) in [5.41, 5.74) is 2.26. The minimum atomic E-state index is 0.238. The molecular formula is C15H18BrN3. The van der Waals surface area contributed by atoms with Crippen LogP contribution in [0.1, 0.15) is 24.2 Å². The zero-order valence-corrected chi connectivity index (χ0v) is 12.8. The van der Waals surface area contributed by atoms with Gasteiger partial charge in [0.1, 0.15) is 0 Å². The average Bonchev–Trinajstić information content (AvgIpc) is 2.77. The van der Waals surface area contributed by atoms with Gasteiger partial charge in [-0.05, 0) is 31.5 Å². The largest absolute Gasteiger partial charge is 0.352 e. The molecule has 0 bridgehead atoms. The lowest BCUT2D eigenvalue weighted by Gasteiger charge is -2.17. The maximum Gasteiger partial charge on any atom is 0.203 e. The van der Waals surface area contributed by atoms with Crippen molar-refractivity contribution in [2.24, 2.45) is 0 Å². The Morgan fingerprint density at radius 3 is 2.74 bits per heavy atom. The summed E-state index contributed by atoms with van der Waals surface area (Å²) in [6.07, 6.45) is 3.90. The smallest absolute Gasteiger partial charge is 0.203 e. The van der Waals surface area contributed by atoms with Crippen LogP contribution in [-0.2, 0) is 0 Å². The fourth-order valence-corrected chi connectivity index (χ4v) is 2.27. The third-order valence-electron chi connectivity index (χ3n) is 3.03. The fraction of sp³-hybridized carbons (Fsp3) is 0.267. The van der Waals surface area contributed by atoms with Gasteiger partial charge < -0.3 is 9.88 Å². The van der Waals surface area contributed by atoms with Gasteiger partial charge in [-0.15, -0.1) is 6.58 Å². The van der Waals surface area contributed by atoms with Gasteiger partial charge in [0, 0.05) is 17.2 Å². The maximum absolute atomic E-state index is 4.51. The summed E-state index contributed by atoms with van der Waals surface area (Å²) in [6, 6.07) is 8.61. The van der Waals surface area contributed by atoms with Crippen molar-refractivity contribution in [2.75, 3.05) is 11.9 Å². The number of aromatic nitrogens is 2. The Labute approximate surface area is 122 Å². The molecule has 0 saturated heterocycles. The van der Waals surface area contributed by atoms with Crippen molar-refractivity contribution in [1.82, 2.24) is 9.55 Å². The van der Waals surface area contributed by atoms with Crippen LogP contribution in [0.2, 0.25) is 0 Å². The third kappa shape index (κ3) is 3.26. The van der Waals surface area contributed by atoms with Crippen LogP contribution in [0.25, 0.3) is 0 Å². The summed E-state index contributed by atoms with van der Waals surface area (Å²) in [5.74, 6) is 0.882. The summed E-state index contributed by atoms with van der Waals surface area (Å²) in [4.78, 5) is 4.51. The van der Waals surface area contributed by atoms with Crippen LogP contribution in [0, 0.1) is 6.92 Å². The van der Waals surface area contributed by atoms with Gasteiger partial charge in [-0.2, -0.15) is 0 Å². The molecule has 0 aliphatic rings. The Kier molecular flexibility index (Phi) is 4.43. The Morgan fingerprint density at radius 1 is 1.42 bits per heavy atom. The van der Waals surface area contributed by atoms with Crippen molar-refractivity contribution in [2.45, 2.75) is 19.9 Å². The molecule has 19 heavy (non-hydrogen) atoms. The molecule has 1 aromatic heterocycles. The molecule has 1 heterocycles. The first-order valence-electron chi connectivity index (χ1n) is 6.27. The van der Waals surface area contributed by atoms with Gasteiger partial charge in [0.25, 0.3) is 0 Å². The minimum Gasteiger partial charge on any atom is -0.352 e. The lowest BCUT2D eigenvalue weighted by Crippen LogP contribution is -2.11. The molecule has 1 N–H and O–H groups in total. The molecule has 0 fully saturated rings. The van der Waals surface area contributed by atoms with Gasteiger partial charge in [-0.1, -0.05) is 34.1 Å². The van der Waals surface area contributed by atoms with Crippen LogP contribution in [0.3, 0.4) is 0 Å². The van der Waals surface area contributed by atoms with E-state index in [1.165, 1.54) is 5.56 Å². The second-order valence-corrected chi connectivity index (χ2v) is 5.43. The highest BCUT2D eigenvalue weighted by Gasteiger charge is 2.13. The van der Waals surface area contributed by atoms with Crippen molar-refractivity contribution in [3.05, 3.63) is 58.8 Å². The van der Waals surface area contributed by atoms with Gasteiger partial charge in [-0.25, -0.2) is 4.98 Å². The minimum absolute atomic E-state index is 0.238. The number of nitrogens with zero attached hydrogens (tertiary/aromatic N) is 2. The van der Waals surface area contributed by atoms with Crippen LogP contribution in [0.4, 0.5) is 5.95 Å². The lowest BCUT2D eigenvalue weighted by molar-refractivity contribution is 0.644. The number of hydrogen-bond acceptors (Lipinski definition) is 2. The Balaban J connectivity index is 2.29. The molecule has 1 atom stereocenters. The highest BCUT2D eigenvalue weighted by Crippen LogP contribution is 2.24. The van der Waals surface area contributed by atoms with Crippen LogP contribution < -0.4 is 5.32 Å². The number of rotatable bonds is 5. The molecule has 100 valence electrons. The molecular weight excluding hydrogens is 302 g/mol. The van der Waals surface area contributed by atoms with Gasteiger partial charge in [0.15, 0.2) is 0 Å². The number of aryl methyl sites for hydroxylation is 1. The number of benzene rings is 1. The van der Waals surface area contributed by atoms with Crippen molar-refractivity contribution < 1.29 is 0 Å². The predicted octanol–water partition coefficient (Wildman–Crippen LogP) is 4.16. The van der Waals surface area contributed by atoms with E-state index in [9.17, 15) is 0 Å². The van der Waals surface area contributed by atoms with E-state index < -0.39 is 0 Å². The molecule has 0 saturated carbocycles. The van der Waals surface area contributed by atoms with E-state index in [4.69, 9.17) is 0 Å². The number of anilines is 1. The van der Waals surface area contributed by atoms with Crippen LogP contribution >= 0.6 is 15.9 Å². The van der Waals surface area contributed by atoms with Crippen molar-refractivity contribution in [3.63, 3.8) is 0 Å². The van der Waals surface area contributed by atoms with Crippen LogP contribution in [-0.4, -0.2) is 16.1 Å². The number of nitrogens with one attached hydrogen (secondary N) is 1. The van der Waals surface area contributed by atoms with Crippen molar-refractivity contribution in [1.29, 1.82) is 0 Å². The molecule has 2 rings (SSSR count). The first kappa shape index (κ1) is 13.9. The van der Waals surface area contributed by atoms with E-state index in [0.717, 1.165) is 16.1 Å². The van der Waals surface area contributed by atoms with Crippen LogP contribution in [0.5, 0.6) is 0 Å². The van der Waals surface area contributed by atoms with E-state index in [1.54, 1.807) is 0 Å². The number of imidazole rings is 1. The van der Waals surface area contributed by atoms with E-state index >= 15 is 0 Å². The van der Waals surface area contributed by atoms with Gasteiger partial charge in [0.2, 0.25) is 5.95 Å². The average molecular weight is 320 g/mol. The standard InChI is InChI=1S/C15H18BrN3/c1-4-9-17-15-18-11(2)10-19(15)12(3)13-5-7-14(16)8-6-13/h4-8,10,12H,1,9H2,2-3H3,(H,17,18). The zero-order valence-electron chi connectivity index (χ0n) is 11.2. The summed E-state index contributed by atoms with van der Waals surface area (Å²) in [6.45, 7) is 8.61. The quantitative estimate of drug-likeness (QED) is 0.838. The molecule has 0 radical (unpaired) electrons. The highest BCUT2D eigenvalue weighted by atomic mass is 79.9. The molecule has 2 aromatic rings. The molecule has 0 amide bonds. The number of halogens is 1. The second kappa shape index (κ2) is 6.06. The molecule has 4 heteroatoms. The molecule has 0 spiro atoms. The fourth-order valence-electron chi connectivity index (χ4n) is 2.01. The van der Waals surface area contributed by atoms with Crippen LogP contribution in [0.15, 0.2) is 47.6 Å². The van der Waals surface area contributed by atoms with E-state index in [2.05, 4.69) is 74.8 Å². The molecule has 0 aliphatic carbocycles. The van der Waals surface area contributed by atoms with Crippen molar-refractivity contribution in [3.8, 4) is 0 Å². The molecule has 3 nitrogen and oxygen atoms in total. The summed E-state index contributed by atoms with van der Waals surface area (Å²) < 4.78 is 3.25. The zero-order chi connectivity index (χ0) is 13.8. The predicted molar refractivity (Wildman–Crippen MR) is 83.6 cm³/mol. The van der Waals surface area contributed by atoms with Gasteiger partial charge >= 0.3 is 0 Å². The summed E-state index contributed by atoms with van der Waals surface area (Å²) in [7, 11) is 0. The second-order valence-electron chi connectivity index (χ2n) is 4.51. The number of hydrogen-bond donors (Lipinski definition) is 1. The van der Waals surface area contributed by atoms with Gasteiger partial charge in [0.05, 0.1) is 11.7 Å². The van der Waals surface area contributed by atoms with Gasteiger partial charge in [-0.3, -0.25) is 0 Å². The first-order valence-corrected chi connectivity index (χ1v) is 7.07. The van der Waals surface area contributed by atoms with Crippen molar-refractivity contribution >= 4 is 21.9 Å². The summed E-state index contributed by atoms with van der Waals surface area (Å²) >= 11 is 3.46. The van der Waals surface area contributed by atoms with E-state index in [0.29, 0.717) is 6.54 Å². The van der Waals surface area contributed by atoms with E-state index in [1.807, 2.05) is 13.0 Å². The molecule has 0 aliphatic heterocycles. The summed E-state index contributed by atoms with van der Waals surface area (Å²) in [5, 5.41) is 3.27. The lowest BCUT2D eigenvalue weighted by atomic mass is 10.1. The Bertz CT molecular complexity index is 557. The first-order chi connectivity index (χ1) is 9.11. The Morgan fingerprint density at radius 2 is 2.11 bits per heavy atom. The molecule has 1 unspecified atom stereocenters. The monoisotopic (exact) mass is 319 g/mol. The third-order valence-corrected chi connectivity index (χ3v) is 3.56. The Hall–Kier alpha value is -1.55. The van der Waals surface area contributed by atoms with E-state index in [-0.39, 0.29) is 6.04 Å². The maximum atomic E-state index is 4.51. The highest BCUT2D eigenvalue weighted by molar-refractivity contribution is 9.10.